The lowest BCUT2D eigenvalue weighted by atomic mass is 9.67. The minimum absolute atomic E-state index is 0.0888. The van der Waals surface area contributed by atoms with Crippen LogP contribution in [0.1, 0.15) is 96.3 Å². The molecule has 0 fully saturated rings. The molecule has 46 heavy (non-hydrogen) atoms. The molecule has 232 valence electrons. The molecule has 0 aromatic heterocycles. The average molecular weight is 625 g/mol. The van der Waals surface area contributed by atoms with E-state index in [0.717, 1.165) is 32.4 Å². The summed E-state index contributed by atoms with van der Waals surface area (Å²) in [4.78, 5) is 66.5. The molecule has 0 unspecified atom stereocenters. The number of hydrogen-bond acceptors (Lipinski definition) is 12. The molecule has 2 aliphatic rings. The van der Waals surface area contributed by atoms with Crippen LogP contribution in [0.25, 0.3) is 0 Å². The first kappa shape index (κ1) is 30.0. The third-order valence-corrected chi connectivity index (χ3v) is 8.68. The standard InChI is InChI=1S/C34H24O12/c1-12-22-15(10-20(36)24(12)32(42)45-3)28(38)14-8-9-17(29(39)26(14)30(22)40)34(44)16-6-5-7-19(35)27(16)31(41)23-13(2)25(33(43)46-4)21(37)11-18(23)34/h5-11,35-37,39,44H,1-4H3/t34-/m1/s1. The predicted molar refractivity (Wildman–Crippen MR) is 157 cm³/mol. The number of esters is 2. The lowest BCUT2D eigenvalue weighted by Gasteiger charge is -2.38. The van der Waals surface area contributed by atoms with Crippen molar-refractivity contribution in [1.29, 1.82) is 0 Å². The highest BCUT2D eigenvalue weighted by Crippen LogP contribution is 2.52. The number of carbonyl (C=O) groups excluding carboxylic acids is 5. The Labute approximate surface area is 259 Å². The summed E-state index contributed by atoms with van der Waals surface area (Å²) < 4.78 is 9.47. The second kappa shape index (κ2) is 10.0. The number of ether oxygens (including phenoxy) is 2. The normalized spacial score (nSPS) is 16.2. The number of methoxy groups -OCH3 is 2. The van der Waals surface area contributed by atoms with Crippen molar-refractivity contribution >= 4 is 29.3 Å². The smallest absolute Gasteiger partial charge is 0.341 e. The first-order valence-corrected chi connectivity index (χ1v) is 13.7. The minimum atomic E-state index is -2.56. The molecule has 0 spiro atoms. The van der Waals surface area contributed by atoms with Crippen LogP contribution in [0.2, 0.25) is 0 Å². The number of aliphatic hydroxyl groups is 1. The third-order valence-electron chi connectivity index (χ3n) is 8.68. The molecule has 12 heteroatoms. The first-order chi connectivity index (χ1) is 21.7. The third kappa shape index (κ3) is 3.67. The van der Waals surface area contributed by atoms with Gasteiger partial charge in [-0.1, -0.05) is 18.2 Å². The van der Waals surface area contributed by atoms with E-state index < -0.39 is 69.0 Å². The van der Waals surface area contributed by atoms with Crippen molar-refractivity contribution in [2.24, 2.45) is 0 Å². The first-order valence-electron chi connectivity index (χ1n) is 13.7. The monoisotopic (exact) mass is 624 g/mol. The highest BCUT2D eigenvalue weighted by Gasteiger charge is 2.49. The summed E-state index contributed by atoms with van der Waals surface area (Å²) in [6.07, 6.45) is 0. The van der Waals surface area contributed by atoms with Crippen molar-refractivity contribution in [3.05, 3.63) is 115 Å². The van der Waals surface area contributed by atoms with Crippen LogP contribution in [0.4, 0.5) is 0 Å². The summed E-state index contributed by atoms with van der Waals surface area (Å²) in [5.74, 6) is -7.13. The number of rotatable bonds is 3. The van der Waals surface area contributed by atoms with Gasteiger partial charge in [-0.3, -0.25) is 14.4 Å². The van der Waals surface area contributed by atoms with Crippen LogP contribution in [0.5, 0.6) is 23.0 Å². The highest BCUT2D eigenvalue weighted by molar-refractivity contribution is 6.30. The van der Waals surface area contributed by atoms with Gasteiger partial charge in [-0.05, 0) is 49.2 Å². The van der Waals surface area contributed by atoms with E-state index >= 15 is 0 Å². The zero-order valence-corrected chi connectivity index (χ0v) is 24.6. The zero-order valence-electron chi connectivity index (χ0n) is 24.6. The molecule has 1 atom stereocenters. The van der Waals surface area contributed by atoms with Crippen molar-refractivity contribution < 1.29 is 59.0 Å². The fourth-order valence-electron chi connectivity index (χ4n) is 6.58. The topological polar surface area (TPSA) is 205 Å². The molecule has 12 nitrogen and oxygen atoms in total. The Morgan fingerprint density at radius 1 is 0.609 bits per heavy atom. The number of hydrogen-bond donors (Lipinski definition) is 5. The van der Waals surface area contributed by atoms with Gasteiger partial charge in [-0.2, -0.15) is 0 Å². The molecule has 0 saturated heterocycles. The maximum atomic E-state index is 14.1. The Kier molecular flexibility index (Phi) is 6.53. The van der Waals surface area contributed by atoms with Crippen LogP contribution in [0, 0.1) is 13.8 Å². The van der Waals surface area contributed by atoms with Gasteiger partial charge in [0.2, 0.25) is 0 Å². The van der Waals surface area contributed by atoms with E-state index in [2.05, 4.69) is 0 Å². The highest BCUT2D eigenvalue weighted by atomic mass is 16.5. The predicted octanol–water partition coefficient (Wildman–Crippen LogP) is 3.30. The summed E-state index contributed by atoms with van der Waals surface area (Å²) in [7, 11) is 2.14. The van der Waals surface area contributed by atoms with Gasteiger partial charge in [-0.25, -0.2) is 9.59 Å². The number of benzene rings is 4. The maximum Gasteiger partial charge on any atom is 0.341 e. The van der Waals surface area contributed by atoms with Gasteiger partial charge in [0.25, 0.3) is 0 Å². The Balaban J connectivity index is 1.69. The van der Waals surface area contributed by atoms with E-state index in [9.17, 15) is 49.5 Å². The quantitative estimate of drug-likeness (QED) is 0.183. The van der Waals surface area contributed by atoms with E-state index in [1.807, 2.05) is 0 Å². The van der Waals surface area contributed by atoms with E-state index in [1.165, 1.54) is 38.1 Å². The summed E-state index contributed by atoms with van der Waals surface area (Å²) >= 11 is 0. The van der Waals surface area contributed by atoms with Crippen molar-refractivity contribution in [3.8, 4) is 23.0 Å². The summed E-state index contributed by atoms with van der Waals surface area (Å²) in [6.45, 7) is 2.65. The summed E-state index contributed by atoms with van der Waals surface area (Å²) in [5.41, 5.74) is -6.41. The number of phenols is 4. The van der Waals surface area contributed by atoms with Gasteiger partial charge < -0.3 is 35.0 Å². The van der Waals surface area contributed by atoms with Crippen molar-refractivity contribution in [3.63, 3.8) is 0 Å². The van der Waals surface area contributed by atoms with E-state index in [-0.39, 0.29) is 61.2 Å². The van der Waals surface area contributed by atoms with Crippen LogP contribution in [0.15, 0.2) is 42.5 Å². The van der Waals surface area contributed by atoms with Crippen LogP contribution >= 0.6 is 0 Å². The lowest BCUT2D eigenvalue weighted by molar-refractivity contribution is 0.0586. The van der Waals surface area contributed by atoms with Gasteiger partial charge in [0, 0.05) is 38.9 Å². The van der Waals surface area contributed by atoms with E-state index in [0.29, 0.717) is 0 Å². The van der Waals surface area contributed by atoms with Gasteiger partial charge >= 0.3 is 11.9 Å². The second-order valence-corrected chi connectivity index (χ2v) is 10.9. The molecule has 6 rings (SSSR count). The molecule has 0 radical (unpaired) electrons. The van der Waals surface area contributed by atoms with Crippen LogP contribution in [-0.2, 0) is 15.1 Å². The van der Waals surface area contributed by atoms with Gasteiger partial charge in [0.05, 0.1) is 25.3 Å². The number of phenolic OH excluding ortho intramolecular Hbond substituents is 4. The molecule has 5 N–H and O–H groups in total. The zero-order chi connectivity index (χ0) is 33.6. The van der Waals surface area contributed by atoms with Crippen molar-refractivity contribution in [2.75, 3.05) is 14.2 Å². The fourth-order valence-corrected chi connectivity index (χ4v) is 6.58. The summed E-state index contributed by atoms with van der Waals surface area (Å²) in [6, 6.07) is 8.06. The van der Waals surface area contributed by atoms with Crippen LogP contribution in [0.3, 0.4) is 0 Å². The molecule has 0 bridgehead atoms. The number of ketones is 3. The van der Waals surface area contributed by atoms with Crippen molar-refractivity contribution in [1.82, 2.24) is 0 Å². The Morgan fingerprint density at radius 3 is 1.78 bits per heavy atom. The van der Waals surface area contributed by atoms with Crippen molar-refractivity contribution in [2.45, 2.75) is 19.4 Å². The number of carbonyl (C=O) groups is 5. The van der Waals surface area contributed by atoms with Crippen LogP contribution in [-0.4, -0.2) is 69.0 Å². The Bertz CT molecular complexity index is 2140. The average Bonchev–Trinajstić information content (AvgIpc) is 3.01. The number of fused-ring (bicyclic) bond motifs is 4. The molecule has 0 heterocycles. The molecule has 4 aromatic rings. The molecular formula is C34H24O12. The Hall–Kier alpha value is -6.01. The van der Waals surface area contributed by atoms with Crippen LogP contribution < -0.4 is 0 Å². The molecule has 0 amide bonds. The molecule has 2 aliphatic carbocycles. The van der Waals surface area contributed by atoms with E-state index in [4.69, 9.17) is 9.47 Å². The maximum absolute atomic E-state index is 14.1. The minimum Gasteiger partial charge on any atom is -0.507 e. The Morgan fingerprint density at radius 2 is 1.17 bits per heavy atom. The molecule has 4 aromatic carbocycles. The van der Waals surface area contributed by atoms with E-state index in [1.54, 1.807) is 0 Å². The summed E-state index contributed by atoms with van der Waals surface area (Å²) in [5, 5.41) is 56.7. The molecule has 0 aliphatic heterocycles. The van der Waals surface area contributed by atoms with Gasteiger partial charge in [0.1, 0.15) is 39.7 Å². The second-order valence-electron chi connectivity index (χ2n) is 10.9. The largest absolute Gasteiger partial charge is 0.507 e. The number of aromatic hydroxyl groups is 4. The molecular weight excluding hydrogens is 600 g/mol. The van der Waals surface area contributed by atoms with Gasteiger partial charge in [0.15, 0.2) is 17.3 Å². The molecule has 0 saturated carbocycles. The van der Waals surface area contributed by atoms with Gasteiger partial charge in [-0.15, -0.1) is 0 Å². The SMILES string of the molecule is COC(=O)c1c(O)cc2c(c1C)C(=O)c1c(ccc([C@]3(O)c4cccc(O)c4C(=O)c4c3cc(O)c(C(=O)OC)c4C)c1O)C2=O. The fraction of sp³-hybridized carbons (Fsp3) is 0.147. The lowest BCUT2D eigenvalue weighted by Crippen LogP contribution is -2.38.